The van der Waals surface area contributed by atoms with Crippen LogP contribution in [0.4, 0.5) is 5.69 Å². The standard InChI is InChI=1S/C26H24N2O3/c1-15-13-20(17(3)28-22-12-8-7-11-19(22)26(27)30)25-21(14-15)23(29)16(2)24(31-25)18-9-5-4-6-10-18/h4-14,17,28H,1-3H3,(H2,27,30)/t17-/m1/s1. The molecule has 0 aliphatic rings. The molecule has 4 aromatic rings. The molecule has 31 heavy (non-hydrogen) atoms. The fraction of sp³-hybridized carbons (Fsp3) is 0.154. The molecule has 1 heterocycles. The first kappa shape index (κ1) is 20.4. The van der Waals surface area contributed by atoms with Crippen molar-refractivity contribution in [1.82, 2.24) is 0 Å². The summed E-state index contributed by atoms with van der Waals surface area (Å²) < 4.78 is 6.35. The number of nitrogens with two attached hydrogens (primary N) is 1. The van der Waals surface area contributed by atoms with Crippen LogP contribution in [0.2, 0.25) is 0 Å². The predicted molar refractivity (Wildman–Crippen MR) is 124 cm³/mol. The monoisotopic (exact) mass is 412 g/mol. The molecule has 1 aromatic heterocycles. The topological polar surface area (TPSA) is 85.3 Å². The van der Waals surface area contributed by atoms with Crippen molar-refractivity contribution in [3.63, 3.8) is 0 Å². The molecule has 0 saturated heterocycles. The molecule has 4 rings (SSSR count). The van der Waals surface area contributed by atoms with E-state index >= 15 is 0 Å². The first-order valence-electron chi connectivity index (χ1n) is 10.2. The number of anilines is 1. The number of carbonyl (C=O) groups excluding carboxylic acids is 1. The van der Waals surface area contributed by atoms with E-state index < -0.39 is 5.91 Å². The van der Waals surface area contributed by atoms with E-state index in [4.69, 9.17) is 10.2 Å². The zero-order valence-electron chi connectivity index (χ0n) is 17.7. The van der Waals surface area contributed by atoms with Crippen molar-refractivity contribution >= 4 is 22.6 Å². The molecule has 3 N–H and O–H groups in total. The zero-order chi connectivity index (χ0) is 22.1. The van der Waals surface area contributed by atoms with Crippen molar-refractivity contribution in [2.75, 3.05) is 5.32 Å². The Hall–Kier alpha value is -3.86. The minimum atomic E-state index is -0.502. The summed E-state index contributed by atoms with van der Waals surface area (Å²) in [6.45, 7) is 5.71. The Balaban J connectivity index is 1.89. The van der Waals surface area contributed by atoms with Crippen LogP contribution in [0, 0.1) is 13.8 Å². The Kier molecular flexibility index (Phi) is 5.34. The number of para-hydroxylation sites is 1. The van der Waals surface area contributed by atoms with Crippen molar-refractivity contribution in [2.45, 2.75) is 26.8 Å². The van der Waals surface area contributed by atoms with Gasteiger partial charge in [0.25, 0.3) is 5.91 Å². The van der Waals surface area contributed by atoms with E-state index in [1.54, 1.807) is 19.1 Å². The Morgan fingerprint density at radius 1 is 1.00 bits per heavy atom. The predicted octanol–water partition coefficient (Wildman–Crippen LogP) is 5.35. The molecular weight excluding hydrogens is 388 g/mol. The second kappa shape index (κ2) is 8.11. The van der Waals surface area contributed by atoms with Gasteiger partial charge >= 0.3 is 0 Å². The first-order chi connectivity index (χ1) is 14.9. The summed E-state index contributed by atoms with van der Waals surface area (Å²) in [5.74, 6) is 0.0610. The molecule has 0 unspecified atom stereocenters. The highest BCUT2D eigenvalue weighted by atomic mass is 16.3. The van der Waals surface area contributed by atoms with Gasteiger partial charge in [0.15, 0.2) is 5.43 Å². The zero-order valence-corrected chi connectivity index (χ0v) is 17.7. The maximum Gasteiger partial charge on any atom is 0.250 e. The Bertz CT molecular complexity index is 1340. The maximum atomic E-state index is 13.2. The van der Waals surface area contributed by atoms with Crippen molar-refractivity contribution < 1.29 is 9.21 Å². The Labute approximate surface area is 180 Å². The van der Waals surface area contributed by atoms with Crippen molar-refractivity contribution in [2.24, 2.45) is 5.73 Å². The molecule has 5 nitrogen and oxygen atoms in total. The van der Waals surface area contributed by atoms with Crippen molar-refractivity contribution in [3.05, 3.63) is 99.2 Å². The lowest BCUT2D eigenvalue weighted by atomic mass is 9.98. The number of hydrogen-bond acceptors (Lipinski definition) is 4. The highest BCUT2D eigenvalue weighted by Crippen LogP contribution is 2.32. The number of benzene rings is 3. The van der Waals surface area contributed by atoms with Crippen LogP contribution in [0.5, 0.6) is 0 Å². The van der Waals surface area contributed by atoms with Gasteiger partial charge in [-0.1, -0.05) is 48.5 Å². The quantitative estimate of drug-likeness (QED) is 0.463. The maximum absolute atomic E-state index is 13.2. The third kappa shape index (κ3) is 3.82. The molecule has 1 amide bonds. The Morgan fingerprint density at radius 2 is 1.68 bits per heavy atom. The summed E-state index contributed by atoms with van der Waals surface area (Å²) in [5.41, 5.74) is 10.3. The highest BCUT2D eigenvalue weighted by molar-refractivity contribution is 5.98. The Morgan fingerprint density at radius 3 is 2.39 bits per heavy atom. The molecule has 1 atom stereocenters. The highest BCUT2D eigenvalue weighted by Gasteiger charge is 2.19. The number of primary amides is 1. The lowest BCUT2D eigenvalue weighted by Gasteiger charge is -2.20. The molecule has 0 bridgehead atoms. The SMILES string of the molecule is Cc1cc([C@@H](C)Nc2ccccc2C(N)=O)c2oc(-c3ccccc3)c(C)c(=O)c2c1. The van der Waals surface area contributed by atoms with Gasteiger partial charge < -0.3 is 15.5 Å². The molecule has 156 valence electrons. The number of hydrogen-bond donors (Lipinski definition) is 2. The third-order valence-electron chi connectivity index (χ3n) is 5.46. The molecule has 5 heteroatoms. The molecule has 0 saturated carbocycles. The van der Waals surface area contributed by atoms with Crippen LogP contribution in [0.1, 0.15) is 40.0 Å². The molecule has 0 spiro atoms. The smallest absolute Gasteiger partial charge is 0.250 e. The van der Waals surface area contributed by atoms with Gasteiger partial charge in [0, 0.05) is 22.4 Å². The number of rotatable bonds is 5. The van der Waals surface area contributed by atoms with E-state index in [1.165, 1.54) is 0 Å². The summed E-state index contributed by atoms with van der Waals surface area (Å²) in [4.78, 5) is 25.0. The van der Waals surface area contributed by atoms with Crippen LogP contribution in [0.15, 0.2) is 75.9 Å². The minimum Gasteiger partial charge on any atom is -0.455 e. The van der Waals surface area contributed by atoms with Gasteiger partial charge in [-0.15, -0.1) is 0 Å². The fourth-order valence-electron chi connectivity index (χ4n) is 3.89. The van der Waals surface area contributed by atoms with E-state index in [1.807, 2.05) is 68.4 Å². The van der Waals surface area contributed by atoms with Crippen molar-refractivity contribution in [1.29, 1.82) is 0 Å². The molecule has 0 fully saturated rings. The lowest BCUT2D eigenvalue weighted by Crippen LogP contribution is -2.16. The first-order valence-corrected chi connectivity index (χ1v) is 10.2. The molecule has 0 aliphatic heterocycles. The van der Waals surface area contributed by atoms with Crippen LogP contribution in [0.25, 0.3) is 22.3 Å². The van der Waals surface area contributed by atoms with E-state index in [9.17, 15) is 9.59 Å². The van der Waals surface area contributed by atoms with Gasteiger partial charge in [0.2, 0.25) is 0 Å². The van der Waals surface area contributed by atoms with Crippen LogP contribution >= 0.6 is 0 Å². The van der Waals surface area contributed by atoms with Gasteiger partial charge in [-0.2, -0.15) is 0 Å². The number of nitrogens with one attached hydrogen (secondary N) is 1. The molecular formula is C26H24N2O3. The number of aryl methyl sites for hydroxylation is 1. The number of amides is 1. The van der Waals surface area contributed by atoms with E-state index in [-0.39, 0.29) is 11.5 Å². The fourth-order valence-corrected chi connectivity index (χ4v) is 3.89. The largest absolute Gasteiger partial charge is 0.455 e. The minimum absolute atomic E-state index is 0.0465. The summed E-state index contributed by atoms with van der Waals surface area (Å²) in [7, 11) is 0. The van der Waals surface area contributed by atoms with Crippen LogP contribution in [-0.2, 0) is 0 Å². The summed E-state index contributed by atoms with van der Waals surface area (Å²) >= 11 is 0. The van der Waals surface area contributed by atoms with E-state index in [2.05, 4.69) is 5.32 Å². The average Bonchev–Trinajstić information content (AvgIpc) is 2.77. The molecule has 3 aromatic carbocycles. The van der Waals surface area contributed by atoms with Gasteiger partial charge in [-0.3, -0.25) is 9.59 Å². The van der Waals surface area contributed by atoms with E-state index in [0.29, 0.717) is 33.5 Å². The summed E-state index contributed by atoms with van der Waals surface area (Å²) in [6.07, 6.45) is 0. The summed E-state index contributed by atoms with van der Waals surface area (Å²) in [5, 5.41) is 3.90. The normalized spacial score (nSPS) is 12.0. The van der Waals surface area contributed by atoms with Crippen LogP contribution in [-0.4, -0.2) is 5.91 Å². The molecule has 0 radical (unpaired) electrons. The number of carbonyl (C=O) groups is 1. The van der Waals surface area contributed by atoms with E-state index in [0.717, 1.165) is 16.7 Å². The summed E-state index contributed by atoms with van der Waals surface area (Å²) in [6, 6.07) is 20.3. The van der Waals surface area contributed by atoms with Gasteiger partial charge in [0.1, 0.15) is 11.3 Å². The average molecular weight is 412 g/mol. The molecule has 0 aliphatic carbocycles. The second-order valence-electron chi connectivity index (χ2n) is 7.76. The second-order valence-corrected chi connectivity index (χ2v) is 7.76. The third-order valence-corrected chi connectivity index (χ3v) is 5.46. The van der Waals surface area contributed by atoms with Crippen LogP contribution in [0.3, 0.4) is 0 Å². The van der Waals surface area contributed by atoms with Gasteiger partial charge in [-0.05, 0) is 44.5 Å². The van der Waals surface area contributed by atoms with Crippen molar-refractivity contribution in [3.8, 4) is 11.3 Å². The van der Waals surface area contributed by atoms with Gasteiger partial charge in [0.05, 0.1) is 17.0 Å². The number of fused-ring (bicyclic) bond motifs is 1. The van der Waals surface area contributed by atoms with Crippen LogP contribution < -0.4 is 16.5 Å². The van der Waals surface area contributed by atoms with Gasteiger partial charge in [-0.25, -0.2) is 0 Å². The lowest BCUT2D eigenvalue weighted by molar-refractivity contribution is 0.100.